The van der Waals surface area contributed by atoms with Crippen molar-refractivity contribution in [2.24, 2.45) is 0 Å². The molecule has 0 amide bonds. The molecule has 0 heterocycles. The summed E-state index contributed by atoms with van der Waals surface area (Å²) in [5.74, 6) is -0.343. The van der Waals surface area contributed by atoms with E-state index in [1.165, 1.54) is 7.11 Å². The Morgan fingerprint density at radius 3 is 2.65 bits per heavy atom. The molecule has 0 atom stereocenters. The molecular formula is C20H18O3. The standard InChI is InChI=1S/C20H18O3/c1-12-8-13(2)18-15(9-12)11-16(19(18)21)10-14-6-4-5-7-17(14)20(22)23-3/h4-10H,11H2,1-3H3/b16-10-. The molecule has 116 valence electrons. The Labute approximate surface area is 135 Å². The van der Waals surface area contributed by atoms with Crippen molar-refractivity contribution in [1.82, 2.24) is 0 Å². The van der Waals surface area contributed by atoms with Crippen molar-refractivity contribution in [3.8, 4) is 0 Å². The van der Waals surface area contributed by atoms with Gasteiger partial charge in [0.1, 0.15) is 0 Å². The summed E-state index contributed by atoms with van der Waals surface area (Å²) in [6, 6.07) is 11.3. The molecule has 1 aliphatic carbocycles. The fraction of sp³-hybridized carbons (Fsp3) is 0.200. The molecule has 3 rings (SSSR count). The third-order valence-electron chi connectivity index (χ3n) is 4.16. The van der Waals surface area contributed by atoms with Crippen LogP contribution in [0.5, 0.6) is 0 Å². The van der Waals surface area contributed by atoms with Gasteiger partial charge in [0, 0.05) is 17.6 Å². The Hall–Kier alpha value is -2.68. The second-order valence-electron chi connectivity index (χ2n) is 5.87. The van der Waals surface area contributed by atoms with Gasteiger partial charge >= 0.3 is 5.97 Å². The summed E-state index contributed by atoms with van der Waals surface area (Å²) in [6.07, 6.45) is 2.41. The maximum absolute atomic E-state index is 12.7. The van der Waals surface area contributed by atoms with Gasteiger partial charge in [-0.2, -0.15) is 0 Å². The van der Waals surface area contributed by atoms with Gasteiger partial charge in [0.05, 0.1) is 12.7 Å². The molecule has 2 aromatic rings. The Balaban J connectivity index is 2.05. The van der Waals surface area contributed by atoms with E-state index >= 15 is 0 Å². The summed E-state index contributed by atoms with van der Waals surface area (Å²) < 4.78 is 4.81. The van der Waals surface area contributed by atoms with Crippen LogP contribution in [0.4, 0.5) is 0 Å². The number of rotatable bonds is 2. The summed E-state index contributed by atoms with van der Waals surface area (Å²) >= 11 is 0. The summed E-state index contributed by atoms with van der Waals surface area (Å²) in [7, 11) is 1.36. The molecule has 0 aromatic heterocycles. The summed E-state index contributed by atoms with van der Waals surface area (Å²) in [4.78, 5) is 24.6. The number of fused-ring (bicyclic) bond motifs is 1. The minimum Gasteiger partial charge on any atom is -0.465 e. The molecule has 0 N–H and O–H groups in total. The van der Waals surface area contributed by atoms with E-state index in [4.69, 9.17) is 4.74 Å². The minimum atomic E-state index is -0.396. The number of allylic oxidation sites excluding steroid dienone is 1. The predicted octanol–water partition coefficient (Wildman–Crippen LogP) is 3.91. The first-order chi connectivity index (χ1) is 11.0. The largest absolute Gasteiger partial charge is 0.465 e. The molecule has 0 fully saturated rings. The van der Waals surface area contributed by atoms with Crippen LogP contribution >= 0.6 is 0 Å². The van der Waals surface area contributed by atoms with Crippen LogP contribution in [0.15, 0.2) is 42.0 Å². The van der Waals surface area contributed by atoms with Gasteiger partial charge in [0.15, 0.2) is 5.78 Å². The van der Waals surface area contributed by atoms with E-state index in [0.717, 1.165) is 22.3 Å². The molecule has 1 aliphatic rings. The SMILES string of the molecule is COC(=O)c1ccccc1/C=C1/Cc2cc(C)cc(C)c2C1=O. The highest BCUT2D eigenvalue weighted by Crippen LogP contribution is 2.31. The monoisotopic (exact) mass is 306 g/mol. The zero-order valence-electron chi connectivity index (χ0n) is 13.5. The second kappa shape index (κ2) is 5.84. The first-order valence-corrected chi connectivity index (χ1v) is 7.54. The second-order valence-corrected chi connectivity index (χ2v) is 5.87. The lowest BCUT2D eigenvalue weighted by Gasteiger charge is -2.04. The highest BCUT2D eigenvalue weighted by molar-refractivity contribution is 6.16. The van der Waals surface area contributed by atoms with E-state index in [2.05, 4.69) is 6.07 Å². The molecular weight excluding hydrogens is 288 g/mol. The van der Waals surface area contributed by atoms with Crippen LogP contribution in [0.1, 0.15) is 43.0 Å². The van der Waals surface area contributed by atoms with Crippen LogP contribution in [0.2, 0.25) is 0 Å². The highest BCUT2D eigenvalue weighted by Gasteiger charge is 2.27. The molecule has 0 bridgehead atoms. The van der Waals surface area contributed by atoms with Gasteiger partial charge in [-0.25, -0.2) is 4.79 Å². The number of methoxy groups -OCH3 is 1. The predicted molar refractivity (Wildman–Crippen MR) is 89.7 cm³/mol. The van der Waals surface area contributed by atoms with Crippen LogP contribution < -0.4 is 0 Å². The lowest BCUT2D eigenvalue weighted by molar-refractivity contribution is 0.0600. The number of benzene rings is 2. The van der Waals surface area contributed by atoms with Gasteiger partial charge in [-0.1, -0.05) is 35.9 Å². The summed E-state index contributed by atoms with van der Waals surface area (Å²) in [6.45, 7) is 4.00. The third-order valence-corrected chi connectivity index (χ3v) is 4.16. The van der Waals surface area contributed by atoms with Crippen molar-refractivity contribution in [3.05, 3.63) is 75.4 Å². The summed E-state index contributed by atoms with van der Waals surface area (Å²) in [5, 5.41) is 0. The van der Waals surface area contributed by atoms with Gasteiger partial charge in [0.25, 0.3) is 0 Å². The number of ether oxygens (including phenoxy) is 1. The Morgan fingerprint density at radius 1 is 1.17 bits per heavy atom. The number of ketones is 1. The van der Waals surface area contributed by atoms with Crippen LogP contribution in [0.3, 0.4) is 0 Å². The van der Waals surface area contributed by atoms with Crippen molar-refractivity contribution < 1.29 is 14.3 Å². The van der Waals surface area contributed by atoms with Crippen molar-refractivity contribution in [3.63, 3.8) is 0 Å². The van der Waals surface area contributed by atoms with Crippen molar-refractivity contribution in [2.45, 2.75) is 20.3 Å². The number of esters is 1. The smallest absolute Gasteiger partial charge is 0.338 e. The molecule has 0 saturated carbocycles. The average molecular weight is 306 g/mol. The van der Waals surface area contributed by atoms with Crippen LogP contribution in [0, 0.1) is 13.8 Å². The Morgan fingerprint density at radius 2 is 1.91 bits per heavy atom. The van der Waals surface area contributed by atoms with Gasteiger partial charge in [-0.15, -0.1) is 0 Å². The molecule has 0 spiro atoms. The fourth-order valence-corrected chi connectivity index (χ4v) is 3.19. The normalized spacial score (nSPS) is 14.9. The lowest BCUT2D eigenvalue weighted by Crippen LogP contribution is -2.04. The van der Waals surface area contributed by atoms with Gasteiger partial charge < -0.3 is 4.74 Å². The highest BCUT2D eigenvalue weighted by atomic mass is 16.5. The number of aryl methyl sites for hydroxylation is 2. The molecule has 3 heteroatoms. The number of carbonyl (C=O) groups is 2. The molecule has 3 nitrogen and oxygen atoms in total. The number of carbonyl (C=O) groups excluding carboxylic acids is 2. The van der Waals surface area contributed by atoms with E-state index in [9.17, 15) is 9.59 Å². The zero-order chi connectivity index (χ0) is 16.6. The van der Waals surface area contributed by atoms with E-state index in [1.54, 1.807) is 12.1 Å². The first kappa shape index (κ1) is 15.2. The van der Waals surface area contributed by atoms with Crippen LogP contribution in [-0.4, -0.2) is 18.9 Å². The van der Waals surface area contributed by atoms with Crippen molar-refractivity contribution in [1.29, 1.82) is 0 Å². The van der Waals surface area contributed by atoms with E-state index < -0.39 is 5.97 Å². The maximum atomic E-state index is 12.7. The van der Waals surface area contributed by atoms with Gasteiger partial charge in [-0.05, 0) is 42.7 Å². The zero-order valence-corrected chi connectivity index (χ0v) is 13.5. The Kier molecular flexibility index (Phi) is 3.87. The molecule has 0 radical (unpaired) electrons. The first-order valence-electron chi connectivity index (χ1n) is 7.54. The maximum Gasteiger partial charge on any atom is 0.338 e. The van der Waals surface area contributed by atoms with Crippen LogP contribution in [0.25, 0.3) is 6.08 Å². The van der Waals surface area contributed by atoms with E-state index in [-0.39, 0.29) is 5.78 Å². The average Bonchev–Trinajstić information content (AvgIpc) is 2.83. The fourth-order valence-electron chi connectivity index (χ4n) is 3.19. The quantitative estimate of drug-likeness (QED) is 0.624. The lowest BCUT2D eigenvalue weighted by atomic mass is 10.0. The van der Waals surface area contributed by atoms with Crippen molar-refractivity contribution in [2.75, 3.05) is 7.11 Å². The van der Waals surface area contributed by atoms with E-state index in [0.29, 0.717) is 23.1 Å². The molecule has 23 heavy (non-hydrogen) atoms. The van der Waals surface area contributed by atoms with E-state index in [1.807, 2.05) is 38.1 Å². The molecule has 0 saturated heterocycles. The molecule has 0 unspecified atom stereocenters. The molecule has 2 aromatic carbocycles. The minimum absolute atomic E-state index is 0.0529. The van der Waals surface area contributed by atoms with Gasteiger partial charge in [-0.3, -0.25) is 4.79 Å². The number of Topliss-reactive ketones (excluding diaryl/α,β-unsaturated/α-hetero) is 1. The van der Waals surface area contributed by atoms with Gasteiger partial charge in [0.2, 0.25) is 0 Å². The number of hydrogen-bond donors (Lipinski definition) is 0. The van der Waals surface area contributed by atoms with Crippen LogP contribution in [-0.2, 0) is 11.2 Å². The third kappa shape index (κ3) is 2.70. The van der Waals surface area contributed by atoms with Crippen molar-refractivity contribution >= 4 is 17.8 Å². The summed E-state index contributed by atoms with van der Waals surface area (Å²) in [5.41, 5.74) is 5.93. The topological polar surface area (TPSA) is 43.4 Å². The Bertz CT molecular complexity index is 844. The molecule has 0 aliphatic heterocycles. The number of hydrogen-bond acceptors (Lipinski definition) is 3.